The minimum Gasteiger partial charge on any atom is -0.501 e. The van der Waals surface area contributed by atoms with E-state index in [1.807, 2.05) is 67.6 Å². The summed E-state index contributed by atoms with van der Waals surface area (Å²) >= 11 is 0. The molecular formula is C24H22N4O4. The van der Waals surface area contributed by atoms with Crippen molar-refractivity contribution < 1.29 is 14.4 Å². The maximum Gasteiger partial charge on any atom is 0.296 e. The molecule has 162 valence electrons. The van der Waals surface area contributed by atoms with Crippen LogP contribution >= 0.6 is 0 Å². The van der Waals surface area contributed by atoms with Crippen LogP contribution in [0.15, 0.2) is 82.4 Å². The zero-order valence-corrected chi connectivity index (χ0v) is 17.6. The zero-order chi connectivity index (χ0) is 22.7. The number of aromatic hydroxyl groups is 1. The highest BCUT2D eigenvalue weighted by Crippen LogP contribution is 2.37. The molecular weight excluding hydrogens is 408 g/mol. The Labute approximate surface area is 184 Å². The van der Waals surface area contributed by atoms with Crippen LogP contribution in [0.25, 0.3) is 0 Å². The van der Waals surface area contributed by atoms with Gasteiger partial charge in [0.15, 0.2) is 5.69 Å². The molecule has 2 aromatic heterocycles. The summed E-state index contributed by atoms with van der Waals surface area (Å²) < 4.78 is 5.99. The van der Waals surface area contributed by atoms with Crippen molar-refractivity contribution >= 4 is 11.6 Å². The molecule has 2 N–H and O–H groups in total. The number of rotatable bonds is 6. The average molecular weight is 430 g/mol. The Morgan fingerprint density at radius 2 is 1.66 bits per heavy atom. The number of anilines is 1. The van der Waals surface area contributed by atoms with Crippen molar-refractivity contribution in [1.29, 1.82) is 0 Å². The highest BCUT2D eigenvalue weighted by atomic mass is 16.5. The molecule has 0 fully saturated rings. The molecule has 4 rings (SSSR count). The first-order valence-corrected chi connectivity index (χ1v) is 10.1. The summed E-state index contributed by atoms with van der Waals surface area (Å²) in [5.74, 6) is -1.49. The lowest BCUT2D eigenvalue weighted by Gasteiger charge is -2.26. The predicted molar refractivity (Wildman–Crippen MR) is 119 cm³/mol. The van der Waals surface area contributed by atoms with Crippen molar-refractivity contribution in [2.45, 2.75) is 18.8 Å². The van der Waals surface area contributed by atoms with Gasteiger partial charge in [0.25, 0.3) is 11.5 Å². The molecule has 0 saturated carbocycles. The van der Waals surface area contributed by atoms with Gasteiger partial charge in [-0.25, -0.2) is 4.98 Å². The molecule has 0 bridgehead atoms. The predicted octanol–water partition coefficient (Wildman–Crippen LogP) is 3.66. The van der Waals surface area contributed by atoms with E-state index in [9.17, 15) is 14.7 Å². The second-order valence-corrected chi connectivity index (χ2v) is 7.49. The molecule has 32 heavy (non-hydrogen) atoms. The Hall–Kier alpha value is -4.20. The maximum atomic E-state index is 12.8. The van der Waals surface area contributed by atoms with E-state index < -0.39 is 17.2 Å². The second kappa shape index (κ2) is 8.89. The standard InChI is InChI=1S/C24H22N4O4/c1-15(19(16-9-5-3-6-10-16)17-11-7-4-8-12-17)22-27-20(21(29)24(31)28(22)2)23(30)26-18-13-25-32-14-18/h3-15,19,29H,1-2H3,(H,26,30)/t15-/m0/s1. The fourth-order valence-electron chi connectivity index (χ4n) is 3.87. The van der Waals surface area contributed by atoms with E-state index in [1.165, 1.54) is 24.1 Å². The number of nitrogens with zero attached hydrogens (tertiary/aromatic N) is 3. The van der Waals surface area contributed by atoms with Crippen molar-refractivity contribution in [2.75, 3.05) is 5.32 Å². The van der Waals surface area contributed by atoms with Crippen LogP contribution in [-0.4, -0.2) is 25.7 Å². The van der Waals surface area contributed by atoms with Gasteiger partial charge in [-0.15, -0.1) is 0 Å². The molecule has 0 spiro atoms. The summed E-state index contributed by atoms with van der Waals surface area (Å²) in [5.41, 5.74) is 1.33. The topological polar surface area (TPSA) is 110 Å². The molecule has 8 heteroatoms. The summed E-state index contributed by atoms with van der Waals surface area (Å²) in [6.07, 6.45) is 2.54. The van der Waals surface area contributed by atoms with Crippen LogP contribution in [-0.2, 0) is 7.05 Å². The van der Waals surface area contributed by atoms with E-state index in [2.05, 4.69) is 15.5 Å². The van der Waals surface area contributed by atoms with E-state index >= 15 is 0 Å². The van der Waals surface area contributed by atoms with Gasteiger partial charge < -0.3 is 14.9 Å². The van der Waals surface area contributed by atoms with Gasteiger partial charge >= 0.3 is 0 Å². The first-order valence-electron chi connectivity index (χ1n) is 10.1. The van der Waals surface area contributed by atoms with Crippen molar-refractivity contribution in [1.82, 2.24) is 14.7 Å². The van der Waals surface area contributed by atoms with Crippen LogP contribution in [0.4, 0.5) is 5.69 Å². The Bertz CT molecular complexity index is 1230. The number of carbonyl (C=O) groups is 1. The van der Waals surface area contributed by atoms with Crippen molar-refractivity contribution in [3.05, 3.63) is 106 Å². The van der Waals surface area contributed by atoms with E-state index in [-0.39, 0.29) is 23.2 Å². The minimum absolute atomic E-state index is 0.131. The Morgan fingerprint density at radius 1 is 1.06 bits per heavy atom. The van der Waals surface area contributed by atoms with Gasteiger partial charge in [-0.1, -0.05) is 72.7 Å². The monoisotopic (exact) mass is 430 g/mol. The van der Waals surface area contributed by atoms with Gasteiger partial charge in [0.2, 0.25) is 5.75 Å². The van der Waals surface area contributed by atoms with Crippen LogP contribution in [0.5, 0.6) is 5.75 Å². The molecule has 0 aliphatic rings. The fraction of sp³-hybridized carbons (Fsp3) is 0.167. The number of carbonyl (C=O) groups excluding carboxylic acids is 1. The molecule has 8 nitrogen and oxygen atoms in total. The van der Waals surface area contributed by atoms with Gasteiger partial charge in [0.05, 0.1) is 6.20 Å². The third kappa shape index (κ3) is 4.02. The van der Waals surface area contributed by atoms with Crippen LogP contribution in [0.2, 0.25) is 0 Å². The van der Waals surface area contributed by atoms with Crippen molar-refractivity contribution in [3.8, 4) is 5.75 Å². The Balaban J connectivity index is 1.81. The minimum atomic E-state index is -0.729. The quantitative estimate of drug-likeness (QED) is 0.483. The second-order valence-electron chi connectivity index (χ2n) is 7.49. The number of hydrogen-bond acceptors (Lipinski definition) is 6. The Kier molecular flexibility index (Phi) is 5.85. The number of nitrogens with one attached hydrogen (secondary N) is 1. The molecule has 0 saturated heterocycles. The van der Waals surface area contributed by atoms with Crippen molar-refractivity contribution in [3.63, 3.8) is 0 Å². The first-order chi connectivity index (χ1) is 15.5. The zero-order valence-electron chi connectivity index (χ0n) is 17.6. The van der Waals surface area contributed by atoms with Crippen LogP contribution in [0.3, 0.4) is 0 Å². The first kappa shape index (κ1) is 21.0. The Morgan fingerprint density at radius 3 is 2.19 bits per heavy atom. The van der Waals surface area contributed by atoms with E-state index in [1.54, 1.807) is 0 Å². The lowest BCUT2D eigenvalue weighted by atomic mass is 9.81. The van der Waals surface area contributed by atoms with Crippen LogP contribution < -0.4 is 10.9 Å². The number of amides is 1. The number of aromatic nitrogens is 3. The largest absolute Gasteiger partial charge is 0.501 e. The third-order valence-electron chi connectivity index (χ3n) is 5.43. The normalized spacial score (nSPS) is 12.0. The molecule has 2 heterocycles. The molecule has 1 atom stereocenters. The van der Waals surface area contributed by atoms with Crippen LogP contribution in [0, 0.1) is 0 Å². The summed E-state index contributed by atoms with van der Waals surface area (Å²) in [6, 6.07) is 19.8. The van der Waals surface area contributed by atoms with Gasteiger partial charge in [-0.2, -0.15) is 0 Å². The summed E-state index contributed by atoms with van der Waals surface area (Å²) in [5, 5.41) is 16.4. The van der Waals surface area contributed by atoms with Gasteiger partial charge in [-0.3, -0.25) is 14.2 Å². The summed E-state index contributed by atoms with van der Waals surface area (Å²) in [7, 11) is 1.54. The SMILES string of the molecule is C[C@H](c1nc(C(=O)Nc2cnoc2)c(O)c(=O)n1C)C(c1ccccc1)c1ccccc1. The molecule has 1 amide bonds. The van der Waals surface area contributed by atoms with Crippen LogP contribution in [0.1, 0.15) is 46.2 Å². The third-order valence-corrected chi connectivity index (χ3v) is 5.43. The van der Waals surface area contributed by atoms with Gasteiger partial charge in [0.1, 0.15) is 17.8 Å². The number of hydrogen-bond donors (Lipinski definition) is 2. The maximum absolute atomic E-state index is 12.8. The lowest BCUT2D eigenvalue weighted by Crippen LogP contribution is -2.29. The van der Waals surface area contributed by atoms with E-state index in [0.717, 1.165) is 11.1 Å². The molecule has 0 unspecified atom stereocenters. The molecule has 0 radical (unpaired) electrons. The van der Waals surface area contributed by atoms with E-state index in [0.29, 0.717) is 5.82 Å². The fourth-order valence-corrected chi connectivity index (χ4v) is 3.87. The molecule has 4 aromatic rings. The smallest absolute Gasteiger partial charge is 0.296 e. The lowest BCUT2D eigenvalue weighted by molar-refractivity contribution is 0.101. The van der Waals surface area contributed by atoms with Gasteiger partial charge in [-0.05, 0) is 11.1 Å². The molecule has 2 aromatic carbocycles. The summed E-state index contributed by atoms with van der Waals surface area (Å²) in [4.78, 5) is 29.9. The molecule has 0 aliphatic heterocycles. The van der Waals surface area contributed by atoms with E-state index in [4.69, 9.17) is 4.52 Å². The number of benzene rings is 2. The van der Waals surface area contributed by atoms with Crippen molar-refractivity contribution in [2.24, 2.45) is 7.05 Å². The highest BCUT2D eigenvalue weighted by Gasteiger charge is 2.29. The highest BCUT2D eigenvalue weighted by molar-refractivity contribution is 6.04. The van der Waals surface area contributed by atoms with Gasteiger partial charge in [0, 0.05) is 18.9 Å². The summed E-state index contributed by atoms with van der Waals surface area (Å²) in [6.45, 7) is 1.95. The average Bonchev–Trinajstić information content (AvgIpc) is 3.32. The molecule has 0 aliphatic carbocycles.